The van der Waals surface area contributed by atoms with Crippen molar-refractivity contribution in [1.29, 1.82) is 0 Å². The van der Waals surface area contributed by atoms with Crippen LogP contribution in [0.25, 0.3) is 11.0 Å². The molecule has 0 amide bonds. The molecule has 2 fully saturated rings. The van der Waals surface area contributed by atoms with Crippen molar-refractivity contribution >= 4 is 44.2 Å². The molecule has 47 heavy (non-hydrogen) atoms. The van der Waals surface area contributed by atoms with Gasteiger partial charge < -0.3 is 35.6 Å². The van der Waals surface area contributed by atoms with Crippen LogP contribution in [-0.4, -0.2) is 51.0 Å². The summed E-state index contributed by atoms with van der Waals surface area (Å²) in [5, 5.41) is 33.0. The van der Waals surface area contributed by atoms with Crippen molar-refractivity contribution in [1.82, 2.24) is 0 Å². The van der Waals surface area contributed by atoms with Crippen molar-refractivity contribution in [2.75, 3.05) is 11.2 Å². The molecule has 3 aromatic rings. The first kappa shape index (κ1) is 32.4. The second kappa shape index (κ2) is 13.1. The molecule has 2 aliphatic heterocycles. The van der Waals surface area contributed by atoms with Crippen LogP contribution in [0.5, 0.6) is 11.5 Å². The Bertz CT molecular complexity index is 1740. The number of hydrogen-bond acceptors (Lipinski definition) is 11. The van der Waals surface area contributed by atoms with E-state index in [0.717, 1.165) is 55.2 Å². The van der Waals surface area contributed by atoms with Gasteiger partial charge in [0, 0.05) is 47.0 Å². The minimum absolute atomic E-state index is 0.0460. The first-order valence-corrected chi connectivity index (χ1v) is 18.9. The maximum Gasteiger partial charge on any atom is 0.200 e. The quantitative estimate of drug-likeness (QED) is 0.0860. The number of anilines is 1. The van der Waals surface area contributed by atoms with E-state index in [-0.39, 0.29) is 42.0 Å². The third-order valence-electron chi connectivity index (χ3n) is 10.0. The van der Waals surface area contributed by atoms with Crippen LogP contribution in [-0.2, 0) is 12.2 Å². The van der Waals surface area contributed by atoms with Gasteiger partial charge in [0.25, 0.3) is 0 Å². The molecule has 3 heterocycles. The highest BCUT2D eigenvalue weighted by Gasteiger charge is 2.51. The van der Waals surface area contributed by atoms with Gasteiger partial charge in [0.1, 0.15) is 40.4 Å². The molecule has 0 saturated heterocycles. The summed E-state index contributed by atoms with van der Waals surface area (Å²) in [4.78, 5) is 19.4. The van der Waals surface area contributed by atoms with Crippen LogP contribution in [0.4, 0.5) is 5.69 Å². The Kier molecular flexibility index (Phi) is 9.03. The van der Waals surface area contributed by atoms with E-state index in [1.54, 1.807) is 33.7 Å². The Morgan fingerprint density at radius 2 is 1.91 bits per heavy atom. The fourth-order valence-electron chi connectivity index (χ4n) is 7.75. The fourth-order valence-corrected chi connectivity index (χ4v) is 10.0. The molecular formula is C34H42N4O7S2. The van der Waals surface area contributed by atoms with E-state index >= 15 is 4.79 Å². The highest BCUT2D eigenvalue weighted by atomic mass is 33.1. The van der Waals surface area contributed by atoms with Gasteiger partial charge >= 0.3 is 0 Å². The van der Waals surface area contributed by atoms with E-state index in [0.29, 0.717) is 51.6 Å². The molecule has 2 aliphatic carbocycles. The molecule has 5 atom stereocenters. The number of ether oxygens (including phenoxy) is 2. The Morgan fingerprint density at radius 3 is 2.64 bits per heavy atom. The van der Waals surface area contributed by atoms with E-state index in [1.807, 2.05) is 19.1 Å². The summed E-state index contributed by atoms with van der Waals surface area (Å²) in [6.07, 6.45) is 4.77. The first-order chi connectivity index (χ1) is 22.6. The van der Waals surface area contributed by atoms with E-state index in [4.69, 9.17) is 25.4 Å². The maximum absolute atomic E-state index is 15.0. The number of benzene rings is 2. The van der Waals surface area contributed by atoms with Crippen molar-refractivity contribution in [2.45, 2.75) is 106 Å². The molecule has 252 valence electrons. The molecule has 5 unspecified atom stereocenters. The predicted octanol–water partition coefficient (Wildman–Crippen LogP) is 5.25. The minimum Gasteiger partial charge on any atom is -0.489 e. The van der Waals surface area contributed by atoms with Crippen molar-refractivity contribution in [3.8, 4) is 11.5 Å². The molecular weight excluding hydrogens is 641 g/mol. The highest BCUT2D eigenvalue weighted by molar-refractivity contribution is 8.76. The van der Waals surface area contributed by atoms with Crippen LogP contribution < -0.4 is 31.8 Å². The second-order valence-corrected chi connectivity index (χ2v) is 15.9. The van der Waals surface area contributed by atoms with Crippen molar-refractivity contribution in [3.05, 3.63) is 62.5 Å². The lowest BCUT2D eigenvalue weighted by Gasteiger charge is -2.37. The summed E-state index contributed by atoms with van der Waals surface area (Å²) >= 11 is 0. The molecule has 2 aromatic carbocycles. The number of fused-ring (bicyclic) bond motifs is 5. The van der Waals surface area contributed by atoms with Crippen LogP contribution in [0.3, 0.4) is 0 Å². The molecule has 0 spiro atoms. The van der Waals surface area contributed by atoms with E-state index in [9.17, 15) is 15.4 Å². The standard InChI is InChI=1S/C34H42N4O7S2/c1-34(41)12-4-7-21-25-29(45-32(21)34)23-16-47-46-15-19(37-33(35)36)14-24(39)28-22(13-17-8-10-18(38-42)11-9-17)27(40)26(30(23)44-28)31(25)43-20-5-2-3-6-20/h8-11,19-21,24,32,38-39,41-42H,2-7,12-16H2,1H3,(H4,35,36,37). The summed E-state index contributed by atoms with van der Waals surface area (Å²) in [6.45, 7) is 1.83. The number of hydrogen-bond donors (Lipinski definition) is 6. The zero-order valence-electron chi connectivity index (χ0n) is 26.4. The summed E-state index contributed by atoms with van der Waals surface area (Å²) in [6, 6.07) is 6.64. The second-order valence-electron chi connectivity index (χ2n) is 13.4. The number of nitrogens with one attached hydrogen (secondary N) is 1. The fraction of sp³-hybridized carbons (Fsp3) is 0.529. The molecule has 8 N–H and O–H groups in total. The number of aliphatic hydroxyl groups is 2. The normalized spacial score (nSPS) is 27.5. The molecule has 2 saturated carbocycles. The Labute approximate surface area is 280 Å². The van der Waals surface area contributed by atoms with Gasteiger partial charge in [-0.3, -0.25) is 15.5 Å². The van der Waals surface area contributed by atoms with Crippen molar-refractivity contribution in [3.63, 3.8) is 0 Å². The number of guanidine groups is 1. The van der Waals surface area contributed by atoms with E-state index < -0.39 is 23.9 Å². The number of nitrogens with two attached hydrogens (primary N) is 2. The van der Waals surface area contributed by atoms with Crippen LogP contribution in [0, 0.1) is 0 Å². The Balaban J connectivity index is 1.49. The van der Waals surface area contributed by atoms with Crippen LogP contribution >= 0.6 is 21.6 Å². The lowest BCUT2D eigenvalue weighted by Crippen LogP contribution is -2.47. The highest BCUT2D eigenvalue weighted by Crippen LogP contribution is 2.57. The van der Waals surface area contributed by atoms with Crippen LogP contribution in [0.1, 0.15) is 98.3 Å². The van der Waals surface area contributed by atoms with E-state index in [1.165, 1.54) is 0 Å². The lowest BCUT2D eigenvalue weighted by atomic mass is 9.74. The third kappa shape index (κ3) is 6.16. The topological polar surface area (TPSA) is 186 Å². The number of aliphatic hydroxyl groups excluding tert-OH is 1. The number of rotatable bonds is 6. The molecule has 2 bridgehead atoms. The Morgan fingerprint density at radius 1 is 1.15 bits per heavy atom. The zero-order chi connectivity index (χ0) is 32.9. The Hall–Kier alpha value is -3.10. The SMILES string of the molecule is CC1(O)CCCC2c3c(c4c5oc(c(Cc6ccc(NO)cc6)c(=O)c5c3OC3CCCC3)C(O)CC(N=C(N)N)CSSC4)OC21. The van der Waals surface area contributed by atoms with Crippen LogP contribution in [0.2, 0.25) is 0 Å². The smallest absolute Gasteiger partial charge is 0.200 e. The number of aliphatic imine (C=N–C) groups is 1. The van der Waals surface area contributed by atoms with Gasteiger partial charge in [0.2, 0.25) is 0 Å². The van der Waals surface area contributed by atoms with Crippen LogP contribution in [0.15, 0.2) is 38.5 Å². The molecule has 7 rings (SSSR count). The van der Waals surface area contributed by atoms with E-state index in [2.05, 4.69) is 10.5 Å². The van der Waals surface area contributed by atoms with Crippen molar-refractivity contribution in [2.24, 2.45) is 16.5 Å². The van der Waals surface area contributed by atoms with Gasteiger partial charge in [0.15, 0.2) is 11.4 Å². The zero-order valence-corrected chi connectivity index (χ0v) is 28.0. The van der Waals surface area contributed by atoms with Gasteiger partial charge in [-0.15, -0.1) is 0 Å². The summed E-state index contributed by atoms with van der Waals surface area (Å²) in [5.41, 5.74) is 15.9. The molecule has 13 heteroatoms. The predicted molar refractivity (Wildman–Crippen MR) is 185 cm³/mol. The van der Waals surface area contributed by atoms with Gasteiger partial charge in [0.05, 0.1) is 23.4 Å². The summed E-state index contributed by atoms with van der Waals surface area (Å²) < 4.78 is 20.3. The summed E-state index contributed by atoms with van der Waals surface area (Å²) in [5.74, 6) is 2.05. The van der Waals surface area contributed by atoms with Gasteiger partial charge in [-0.2, -0.15) is 0 Å². The number of nitrogens with zero attached hydrogens (tertiary/aromatic N) is 1. The molecule has 4 aliphatic rings. The van der Waals surface area contributed by atoms with Crippen molar-refractivity contribution < 1.29 is 29.3 Å². The van der Waals surface area contributed by atoms with Gasteiger partial charge in [-0.05, 0) is 69.6 Å². The van der Waals surface area contributed by atoms with Gasteiger partial charge in [-0.1, -0.05) is 33.7 Å². The summed E-state index contributed by atoms with van der Waals surface area (Å²) in [7, 11) is 3.16. The third-order valence-corrected chi connectivity index (χ3v) is 12.4. The molecule has 1 aromatic heterocycles. The largest absolute Gasteiger partial charge is 0.489 e. The first-order valence-electron chi connectivity index (χ1n) is 16.4. The minimum atomic E-state index is -1.18. The lowest BCUT2D eigenvalue weighted by molar-refractivity contribution is -0.0727. The monoisotopic (exact) mass is 682 g/mol. The molecule has 0 radical (unpaired) electrons. The molecule has 11 nitrogen and oxygen atoms in total. The average molecular weight is 683 g/mol. The average Bonchev–Trinajstić information content (AvgIpc) is 3.69. The van der Waals surface area contributed by atoms with Gasteiger partial charge in [-0.25, -0.2) is 4.99 Å². The maximum atomic E-state index is 15.0.